The average Bonchev–Trinajstić information content (AvgIpc) is 2.33. The summed E-state index contributed by atoms with van der Waals surface area (Å²) in [5, 5.41) is 0. The van der Waals surface area contributed by atoms with Crippen molar-refractivity contribution in [2.24, 2.45) is 5.73 Å². The van der Waals surface area contributed by atoms with Crippen LogP contribution in [0.2, 0.25) is 0 Å². The first kappa shape index (κ1) is 16.3. The quantitative estimate of drug-likeness (QED) is 0.906. The van der Waals surface area contributed by atoms with Gasteiger partial charge in [0.05, 0.1) is 5.56 Å². The van der Waals surface area contributed by atoms with Gasteiger partial charge in [0.25, 0.3) is 5.91 Å². The van der Waals surface area contributed by atoms with Crippen LogP contribution in [-0.2, 0) is 6.18 Å². The molecule has 0 fully saturated rings. The first-order valence-corrected chi connectivity index (χ1v) is 6.33. The number of nitrogens with two attached hydrogens (primary N) is 1. The van der Waals surface area contributed by atoms with Crippen molar-refractivity contribution in [2.75, 3.05) is 11.4 Å². The van der Waals surface area contributed by atoms with Gasteiger partial charge in [-0.3, -0.25) is 4.79 Å². The molecule has 0 unspecified atom stereocenters. The number of amides is 1. The molecule has 4 nitrogen and oxygen atoms in total. The number of rotatable bonds is 5. The van der Waals surface area contributed by atoms with Crippen molar-refractivity contribution in [3.05, 3.63) is 23.4 Å². The van der Waals surface area contributed by atoms with Crippen molar-refractivity contribution < 1.29 is 18.0 Å². The Morgan fingerprint density at radius 1 is 1.40 bits per heavy atom. The Kier molecular flexibility index (Phi) is 4.97. The third-order valence-corrected chi connectivity index (χ3v) is 2.79. The molecule has 20 heavy (non-hydrogen) atoms. The molecule has 0 saturated carbocycles. The van der Waals surface area contributed by atoms with Gasteiger partial charge in [-0.1, -0.05) is 6.92 Å². The van der Waals surface area contributed by atoms with Crippen LogP contribution in [-0.4, -0.2) is 23.5 Å². The summed E-state index contributed by atoms with van der Waals surface area (Å²) in [6, 6.07) is 1.76. The Bertz CT molecular complexity index is 486. The molecule has 0 radical (unpaired) electrons. The maximum absolute atomic E-state index is 12.8. The van der Waals surface area contributed by atoms with E-state index in [1.54, 1.807) is 4.90 Å². The third kappa shape index (κ3) is 3.61. The fourth-order valence-corrected chi connectivity index (χ4v) is 1.87. The number of hydrogen-bond donors (Lipinski definition) is 1. The number of anilines is 1. The van der Waals surface area contributed by atoms with Crippen LogP contribution in [0.4, 0.5) is 19.0 Å². The normalized spacial score (nSPS) is 11.8. The minimum Gasteiger partial charge on any atom is -0.365 e. The highest BCUT2D eigenvalue weighted by atomic mass is 19.4. The lowest BCUT2D eigenvalue weighted by atomic mass is 10.1. The molecule has 0 bridgehead atoms. The van der Waals surface area contributed by atoms with Gasteiger partial charge in [-0.05, 0) is 32.4 Å². The van der Waals surface area contributed by atoms with Crippen LogP contribution in [0.3, 0.4) is 0 Å². The van der Waals surface area contributed by atoms with Crippen LogP contribution in [0, 0.1) is 0 Å². The van der Waals surface area contributed by atoms with E-state index in [-0.39, 0.29) is 17.4 Å². The predicted molar refractivity (Wildman–Crippen MR) is 70.5 cm³/mol. The van der Waals surface area contributed by atoms with Gasteiger partial charge in [0.2, 0.25) is 0 Å². The Hall–Kier alpha value is -1.79. The number of nitrogens with zero attached hydrogens (tertiary/aromatic N) is 2. The summed E-state index contributed by atoms with van der Waals surface area (Å²) in [6.07, 6.45) is -3.84. The van der Waals surface area contributed by atoms with E-state index in [9.17, 15) is 18.0 Å². The van der Waals surface area contributed by atoms with Crippen molar-refractivity contribution >= 4 is 11.7 Å². The minimum absolute atomic E-state index is 0.000139. The molecule has 7 heteroatoms. The zero-order valence-corrected chi connectivity index (χ0v) is 11.7. The summed E-state index contributed by atoms with van der Waals surface area (Å²) in [5.74, 6) is -0.799. The number of carbonyl (C=O) groups excluding carboxylic acids is 1. The van der Waals surface area contributed by atoms with E-state index in [4.69, 9.17) is 5.73 Å². The molecule has 2 N–H and O–H groups in total. The summed E-state index contributed by atoms with van der Waals surface area (Å²) in [5.41, 5.74) is 4.19. The summed E-state index contributed by atoms with van der Waals surface area (Å²) < 4.78 is 38.3. The van der Waals surface area contributed by atoms with E-state index >= 15 is 0 Å². The van der Waals surface area contributed by atoms with E-state index < -0.39 is 17.8 Å². The van der Waals surface area contributed by atoms with Gasteiger partial charge in [0.15, 0.2) is 0 Å². The lowest BCUT2D eigenvalue weighted by Crippen LogP contribution is -2.35. The van der Waals surface area contributed by atoms with Crippen molar-refractivity contribution in [1.82, 2.24) is 4.98 Å². The SMILES string of the molecule is CCCN(c1nc(C(F)(F)F)ccc1C(N)=O)C(C)C. The molecule has 0 saturated heterocycles. The second kappa shape index (κ2) is 6.11. The van der Waals surface area contributed by atoms with Gasteiger partial charge in [-0.15, -0.1) is 0 Å². The zero-order chi connectivity index (χ0) is 15.5. The van der Waals surface area contributed by atoms with Crippen LogP contribution in [0.25, 0.3) is 0 Å². The van der Waals surface area contributed by atoms with Gasteiger partial charge < -0.3 is 10.6 Å². The third-order valence-electron chi connectivity index (χ3n) is 2.79. The maximum atomic E-state index is 12.8. The highest BCUT2D eigenvalue weighted by Gasteiger charge is 2.34. The fraction of sp³-hybridized carbons (Fsp3) is 0.538. The summed E-state index contributed by atoms with van der Waals surface area (Å²) in [6.45, 7) is 6.03. The van der Waals surface area contributed by atoms with E-state index in [0.29, 0.717) is 13.0 Å². The second-order valence-electron chi connectivity index (χ2n) is 4.72. The molecule has 1 aromatic heterocycles. The highest BCUT2D eigenvalue weighted by molar-refractivity contribution is 5.97. The van der Waals surface area contributed by atoms with Crippen LogP contribution in [0.15, 0.2) is 12.1 Å². The standard InChI is InChI=1S/C13H18F3N3O/c1-4-7-19(8(2)3)12-9(11(17)20)5-6-10(18-12)13(14,15)16/h5-6,8H,4,7H2,1-3H3,(H2,17,20). The monoisotopic (exact) mass is 289 g/mol. The number of alkyl halides is 3. The molecule has 1 rings (SSSR count). The van der Waals surface area contributed by atoms with Crippen molar-refractivity contribution in [2.45, 2.75) is 39.4 Å². The Labute approximate surface area is 115 Å². The van der Waals surface area contributed by atoms with Gasteiger partial charge in [0.1, 0.15) is 11.5 Å². The highest BCUT2D eigenvalue weighted by Crippen LogP contribution is 2.31. The topological polar surface area (TPSA) is 59.2 Å². The molecule has 1 amide bonds. The molecule has 0 aromatic carbocycles. The van der Waals surface area contributed by atoms with Gasteiger partial charge in [-0.2, -0.15) is 13.2 Å². The number of aromatic nitrogens is 1. The van der Waals surface area contributed by atoms with Crippen molar-refractivity contribution in [3.8, 4) is 0 Å². The molecule has 1 aromatic rings. The second-order valence-corrected chi connectivity index (χ2v) is 4.72. The van der Waals surface area contributed by atoms with Crippen molar-refractivity contribution in [1.29, 1.82) is 0 Å². The lowest BCUT2D eigenvalue weighted by molar-refractivity contribution is -0.141. The molecule has 0 aliphatic carbocycles. The fourth-order valence-electron chi connectivity index (χ4n) is 1.87. The molecule has 0 atom stereocenters. The molecule has 0 aliphatic rings. The first-order chi connectivity index (χ1) is 9.18. The van der Waals surface area contributed by atoms with Crippen LogP contribution in [0.1, 0.15) is 43.2 Å². The predicted octanol–water partition coefficient (Wildman–Crippen LogP) is 2.82. The number of halogens is 3. The van der Waals surface area contributed by atoms with Crippen molar-refractivity contribution in [3.63, 3.8) is 0 Å². The maximum Gasteiger partial charge on any atom is 0.433 e. The van der Waals surface area contributed by atoms with E-state index in [0.717, 1.165) is 12.1 Å². The number of carbonyl (C=O) groups is 1. The lowest BCUT2D eigenvalue weighted by Gasteiger charge is -2.29. The first-order valence-electron chi connectivity index (χ1n) is 6.33. The minimum atomic E-state index is -4.56. The smallest absolute Gasteiger partial charge is 0.365 e. The summed E-state index contributed by atoms with van der Waals surface area (Å²) in [4.78, 5) is 16.6. The van der Waals surface area contributed by atoms with Crippen LogP contribution >= 0.6 is 0 Å². The molecular formula is C13H18F3N3O. The molecule has 0 aliphatic heterocycles. The number of primary amides is 1. The molecule has 1 heterocycles. The van der Waals surface area contributed by atoms with Crippen LogP contribution < -0.4 is 10.6 Å². The van der Waals surface area contributed by atoms with Gasteiger partial charge in [-0.25, -0.2) is 4.98 Å². The van der Waals surface area contributed by atoms with Gasteiger partial charge >= 0.3 is 6.18 Å². The Balaban J connectivity index is 3.41. The zero-order valence-electron chi connectivity index (χ0n) is 11.7. The molecule has 112 valence electrons. The van der Waals surface area contributed by atoms with E-state index in [2.05, 4.69) is 4.98 Å². The average molecular weight is 289 g/mol. The van der Waals surface area contributed by atoms with Gasteiger partial charge in [0, 0.05) is 12.6 Å². The summed E-state index contributed by atoms with van der Waals surface area (Å²) in [7, 11) is 0. The summed E-state index contributed by atoms with van der Waals surface area (Å²) >= 11 is 0. The molecular weight excluding hydrogens is 271 g/mol. The number of hydrogen-bond acceptors (Lipinski definition) is 3. The number of pyridine rings is 1. The van der Waals surface area contributed by atoms with E-state index in [1.807, 2.05) is 20.8 Å². The largest absolute Gasteiger partial charge is 0.433 e. The van der Waals surface area contributed by atoms with Crippen LogP contribution in [0.5, 0.6) is 0 Å². The Morgan fingerprint density at radius 2 is 2.00 bits per heavy atom. The molecule has 0 spiro atoms. The van der Waals surface area contributed by atoms with E-state index in [1.165, 1.54) is 0 Å². The Morgan fingerprint density at radius 3 is 2.40 bits per heavy atom.